The minimum atomic E-state index is -0.382. The number of allylic oxidation sites excluding steroid dienone is 1. The van der Waals surface area contributed by atoms with Crippen molar-refractivity contribution in [1.82, 2.24) is 4.90 Å². The predicted molar refractivity (Wildman–Crippen MR) is 75.5 cm³/mol. The van der Waals surface area contributed by atoms with Crippen LogP contribution >= 0.6 is 0 Å². The van der Waals surface area contributed by atoms with Gasteiger partial charge in [-0.25, -0.2) is 0 Å². The van der Waals surface area contributed by atoms with E-state index in [1.807, 2.05) is 38.4 Å². The highest BCUT2D eigenvalue weighted by Gasteiger charge is 2.41. The Morgan fingerprint density at radius 2 is 1.89 bits per heavy atom. The van der Waals surface area contributed by atoms with Gasteiger partial charge in [0.1, 0.15) is 0 Å². The van der Waals surface area contributed by atoms with Crippen molar-refractivity contribution in [3.63, 3.8) is 0 Å². The van der Waals surface area contributed by atoms with Gasteiger partial charge in [-0.2, -0.15) is 0 Å². The zero-order chi connectivity index (χ0) is 13.3. The fourth-order valence-corrected chi connectivity index (χ4v) is 2.91. The number of rotatable bonds is 3. The molecule has 0 bridgehead atoms. The number of carbonyl (C=O) groups excluding carboxylic acids is 1. The monoisotopic (exact) mass is 243 g/mol. The van der Waals surface area contributed by atoms with E-state index >= 15 is 0 Å². The number of Topliss-reactive ketones (excluding diaryl/α,β-unsaturated/α-hetero) is 1. The van der Waals surface area contributed by atoms with E-state index in [4.69, 9.17) is 0 Å². The quantitative estimate of drug-likeness (QED) is 0.808. The number of carbonyl (C=O) groups is 1. The van der Waals surface area contributed by atoms with Crippen molar-refractivity contribution in [2.45, 2.75) is 26.7 Å². The molecule has 0 aromatic heterocycles. The van der Waals surface area contributed by atoms with Gasteiger partial charge in [0.2, 0.25) is 0 Å². The zero-order valence-corrected chi connectivity index (χ0v) is 11.7. The molecule has 0 saturated carbocycles. The Labute approximate surface area is 109 Å². The number of benzene rings is 1. The predicted octanol–water partition coefficient (Wildman–Crippen LogP) is 3.59. The molecule has 1 unspecified atom stereocenters. The summed E-state index contributed by atoms with van der Waals surface area (Å²) in [5, 5.41) is 0. The Balaban J connectivity index is 2.61. The van der Waals surface area contributed by atoms with E-state index in [0.717, 1.165) is 29.7 Å². The first-order valence-corrected chi connectivity index (χ1v) is 6.54. The molecule has 0 radical (unpaired) electrons. The van der Waals surface area contributed by atoms with Gasteiger partial charge in [0.25, 0.3) is 0 Å². The third-order valence-corrected chi connectivity index (χ3v) is 3.80. The highest BCUT2D eigenvalue weighted by molar-refractivity contribution is 6.07. The van der Waals surface area contributed by atoms with E-state index in [2.05, 4.69) is 24.8 Å². The van der Waals surface area contributed by atoms with Crippen LogP contribution in [0, 0.1) is 5.41 Å². The van der Waals surface area contributed by atoms with Crippen LogP contribution in [0.3, 0.4) is 0 Å². The molecule has 96 valence electrons. The smallest absolute Gasteiger partial charge is 0.175 e. The molecule has 0 amide bonds. The van der Waals surface area contributed by atoms with Gasteiger partial charge in [-0.3, -0.25) is 4.79 Å². The topological polar surface area (TPSA) is 20.3 Å². The molecular weight excluding hydrogens is 222 g/mol. The summed E-state index contributed by atoms with van der Waals surface area (Å²) < 4.78 is 0. The number of fused-ring (bicyclic) bond motifs is 1. The van der Waals surface area contributed by atoms with E-state index in [1.54, 1.807) is 0 Å². The molecule has 0 fully saturated rings. The van der Waals surface area contributed by atoms with Crippen LogP contribution in [0.15, 0.2) is 30.0 Å². The first-order valence-electron chi connectivity index (χ1n) is 6.54. The van der Waals surface area contributed by atoms with Crippen molar-refractivity contribution in [1.29, 1.82) is 0 Å². The fourth-order valence-electron chi connectivity index (χ4n) is 2.91. The molecule has 0 spiro atoms. The van der Waals surface area contributed by atoms with E-state index < -0.39 is 0 Å². The van der Waals surface area contributed by atoms with E-state index in [9.17, 15) is 4.79 Å². The van der Waals surface area contributed by atoms with Crippen LogP contribution in [0.2, 0.25) is 0 Å². The summed E-state index contributed by atoms with van der Waals surface area (Å²) in [6, 6.07) is 7.88. The Kier molecular flexibility index (Phi) is 3.29. The maximum Gasteiger partial charge on any atom is 0.175 e. The maximum absolute atomic E-state index is 12.8. The van der Waals surface area contributed by atoms with E-state index in [-0.39, 0.29) is 11.2 Å². The van der Waals surface area contributed by atoms with Crippen molar-refractivity contribution in [2.75, 3.05) is 14.1 Å². The van der Waals surface area contributed by atoms with Crippen LogP contribution < -0.4 is 0 Å². The molecule has 2 rings (SSSR count). The molecule has 18 heavy (non-hydrogen) atoms. The zero-order valence-electron chi connectivity index (χ0n) is 11.7. The summed E-state index contributed by atoms with van der Waals surface area (Å²) in [5.74, 6) is 0.256. The number of hydrogen-bond acceptors (Lipinski definition) is 2. The summed E-state index contributed by atoms with van der Waals surface area (Å²) in [6.07, 6.45) is 4.06. The van der Waals surface area contributed by atoms with Crippen LogP contribution in [0.25, 0.3) is 6.08 Å². The molecule has 2 heteroatoms. The molecule has 1 aliphatic carbocycles. The normalized spacial score (nSPS) is 22.4. The number of nitrogens with zero attached hydrogens (tertiary/aromatic N) is 1. The second-order valence-electron chi connectivity index (χ2n) is 5.42. The standard InChI is InChI=1S/C16H21NO/c1-5-10-16(2)14(17(3)4)11-12-8-6-7-9-13(12)15(16)18/h6-9,11H,5,10H2,1-4H3. The summed E-state index contributed by atoms with van der Waals surface area (Å²) in [7, 11) is 4.03. The highest BCUT2D eigenvalue weighted by Crippen LogP contribution is 2.42. The minimum absolute atomic E-state index is 0.256. The van der Waals surface area contributed by atoms with Crippen molar-refractivity contribution in [3.05, 3.63) is 41.1 Å². The number of ketones is 1. The average molecular weight is 243 g/mol. The third kappa shape index (κ3) is 1.86. The average Bonchev–Trinajstić information content (AvgIpc) is 2.34. The number of hydrogen-bond donors (Lipinski definition) is 0. The lowest BCUT2D eigenvalue weighted by atomic mass is 9.71. The largest absolute Gasteiger partial charge is 0.380 e. The van der Waals surface area contributed by atoms with Crippen LogP contribution in [0.5, 0.6) is 0 Å². The Bertz CT molecular complexity index is 502. The van der Waals surface area contributed by atoms with E-state index in [1.165, 1.54) is 0 Å². The van der Waals surface area contributed by atoms with Crippen molar-refractivity contribution >= 4 is 11.9 Å². The van der Waals surface area contributed by atoms with Crippen LogP contribution in [0.1, 0.15) is 42.6 Å². The third-order valence-electron chi connectivity index (χ3n) is 3.80. The molecule has 1 aliphatic rings. The first-order chi connectivity index (χ1) is 8.50. The lowest BCUT2D eigenvalue weighted by molar-refractivity contribution is 0.0814. The van der Waals surface area contributed by atoms with Gasteiger partial charge in [0.15, 0.2) is 5.78 Å². The Morgan fingerprint density at radius 1 is 1.22 bits per heavy atom. The molecule has 0 N–H and O–H groups in total. The highest BCUT2D eigenvalue weighted by atomic mass is 16.1. The van der Waals surface area contributed by atoms with Crippen molar-refractivity contribution in [3.8, 4) is 0 Å². The summed E-state index contributed by atoms with van der Waals surface area (Å²) >= 11 is 0. The Hall–Kier alpha value is -1.57. The van der Waals surface area contributed by atoms with Crippen molar-refractivity contribution in [2.24, 2.45) is 5.41 Å². The van der Waals surface area contributed by atoms with Crippen molar-refractivity contribution < 1.29 is 4.79 Å². The van der Waals surface area contributed by atoms with Crippen LogP contribution in [0.4, 0.5) is 0 Å². The second kappa shape index (κ2) is 4.60. The fraction of sp³-hybridized carbons (Fsp3) is 0.438. The first kappa shape index (κ1) is 12.9. The van der Waals surface area contributed by atoms with Gasteiger partial charge < -0.3 is 4.90 Å². The van der Waals surface area contributed by atoms with Gasteiger partial charge in [-0.1, -0.05) is 37.6 Å². The minimum Gasteiger partial charge on any atom is -0.380 e. The molecule has 0 heterocycles. The van der Waals surface area contributed by atoms with Crippen LogP contribution in [-0.4, -0.2) is 24.8 Å². The lowest BCUT2D eigenvalue weighted by Gasteiger charge is -2.38. The molecule has 0 saturated heterocycles. The maximum atomic E-state index is 12.8. The molecule has 1 atom stereocenters. The van der Waals surface area contributed by atoms with Crippen LogP contribution in [-0.2, 0) is 0 Å². The van der Waals surface area contributed by atoms with Gasteiger partial charge in [0, 0.05) is 25.4 Å². The van der Waals surface area contributed by atoms with Gasteiger partial charge in [-0.05, 0) is 25.0 Å². The molecule has 1 aromatic carbocycles. The van der Waals surface area contributed by atoms with Gasteiger partial charge in [0.05, 0.1) is 5.41 Å². The van der Waals surface area contributed by atoms with Gasteiger partial charge in [-0.15, -0.1) is 0 Å². The molecular formula is C16H21NO. The molecule has 2 nitrogen and oxygen atoms in total. The SMILES string of the molecule is CCCC1(C)C(=O)c2ccccc2C=C1N(C)C. The summed E-state index contributed by atoms with van der Waals surface area (Å²) in [4.78, 5) is 14.8. The summed E-state index contributed by atoms with van der Waals surface area (Å²) in [5.41, 5.74) is 2.64. The van der Waals surface area contributed by atoms with E-state index in [0.29, 0.717) is 0 Å². The second-order valence-corrected chi connectivity index (χ2v) is 5.42. The molecule has 1 aromatic rings. The lowest BCUT2D eigenvalue weighted by Crippen LogP contribution is -2.38. The summed E-state index contributed by atoms with van der Waals surface area (Å²) in [6.45, 7) is 4.20. The van der Waals surface area contributed by atoms with Gasteiger partial charge >= 0.3 is 0 Å². The molecule has 0 aliphatic heterocycles. The Morgan fingerprint density at radius 3 is 2.50 bits per heavy atom.